The average molecular weight is 241 g/mol. The molecule has 0 aliphatic rings. The fourth-order valence-electron chi connectivity index (χ4n) is 1.69. The molecule has 1 N–H and O–H groups in total. The van der Waals surface area contributed by atoms with Gasteiger partial charge in [-0.1, -0.05) is 6.92 Å². The molecule has 0 saturated carbocycles. The summed E-state index contributed by atoms with van der Waals surface area (Å²) in [5, 5.41) is 3.36. The highest BCUT2D eigenvalue weighted by molar-refractivity contribution is 5.21. The summed E-state index contributed by atoms with van der Waals surface area (Å²) in [7, 11) is 0. The second kappa shape index (κ2) is 5.58. The van der Waals surface area contributed by atoms with Crippen LogP contribution >= 0.6 is 0 Å². The van der Waals surface area contributed by atoms with Crippen LogP contribution in [-0.4, -0.2) is 12.1 Å². The van der Waals surface area contributed by atoms with Gasteiger partial charge in [0.05, 0.1) is 0 Å². The molecule has 3 heteroatoms. The fraction of sp³-hybridized carbons (Fsp3) is 0.571. The van der Waals surface area contributed by atoms with Crippen LogP contribution in [0.1, 0.15) is 45.6 Å². The first-order valence-electron chi connectivity index (χ1n) is 5.99. The minimum absolute atomic E-state index is 0.0763. The summed E-state index contributed by atoms with van der Waals surface area (Å²) in [5.41, 5.74) is 0.797. The number of hydrogen-bond acceptors (Lipinski definition) is 1. The van der Waals surface area contributed by atoms with Crippen molar-refractivity contribution in [2.45, 2.75) is 45.6 Å². The van der Waals surface area contributed by atoms with Gasteiger partial charge < -0.3 is 5.32 Å². The zero-order valence-electron chi connectivity index (χ0n) is 11.0. The molecule has 1 rings (SSSR count). The third kappa shape index (κ3) is 5.26. The Morgan fingerprint density at radius 1 is 1.12 bits per heavy atom. The van der Waals surface area contributed by atoms with Gasteiger partial charge in [0.2, 0.25) is 0 Å². The van der Waals surface area contributed by atoms with Crippen molar-refractivity contribution in [2.75, 3.05) is 6.54 Å². The van der Waals surface area contributed by atoms with Gasteiger partial charge >= 0.3 is 0 Å². The standard InChI is InChI=1S/C14H21F2N/c1-10(5-6-17-14(2,3)4)11-7-12(15)9-13(16)8-11/h7-10,17H,5-6H2,1-4H3. The van der Waals surface area contributed by atoms with Crippen LogP contribution in [0.5, 0.6) is 0 Å². The van der Waals surface area contributed by atoms with Crippen LogP contribution in [0.4, 0.5) is 8.78 Å². The minimum atomic E-state index is -0.504. The van der Waals surface area contributed by atoms with Crippen molar-refractivity contribution in [3.8, 4) is 0 Å². The molecular weight excluding hydrogens is 220 g/mol. The van der Waals surface area contributed by atoms with Gasteiger partial charge in [0.1, 0.15) is 11.6 Å². The minimum Gasteiger partial charge on any atom is -0.312 e. The van der Waals surface area contributed by atoms with Crippen LogP contribution in [0.25, 0.3) is 0 Å². The fourth-order valence-corrected chi connectivity index (χ4v) is 1.69. The largest absolute Gasteiger partial charge is 0.312 e. The van der Waals surface area contributed by atoms with Gasteiger partial charge in [0.25, 0.3) is 0 Å². The number of rotatable bonds is 4. The molecule has 1 unspecified atom stereocenters. The quantitative estimate of drug-likeness (QED) is 0.844. The lowest BCUT2D eigenvalue weighted by Gasteiger charge is -2.22. The SMILES string of the molecule is CC(CCNC(C)(C)C)c1cc(F)cc(F)c1. The molecule has 0 bridgehead atoms. The maximum absolute atomic E-state index is 13.0. The van der Waals surface area contributed by atoms with Crippen molar-refractivity contribution < 1.29 is 8.78 Å². The lowest BCUT2D eigenvalue weighted by molar-refractivity contribution is 0.413. The third-order valence-corrected chi connectivity index (χ3v) is 2.69. The normalized spacial score (nSPS) is 13.8. The molecule has 0 radical (unpaired) electrons. The van der Waals surface area contributed by atoms with Gasteiger partial charge in [-0.15, -0.1) is 0 Å². The van der Waals surface area contributed by atoms with Crippen molar-refractivity contribution >= 4 is 0 Å². The molecular formula is C14H21F2N. The summed E-state index contributed by atoms with van der Waals surface area (Å²) in [4.78, 5) is 0. The highest BCUT2D eigenvalue weighted by Crippen LogP contribution is 2.21. The lowest BCUT2D eigenvalue weighted by Crippen LogP contribution is -2.36. The van der Waals surface area contributed by atoms with Crippen molar-refractivity contribution in [1.82, 2.24) is 5.32 Å². The molecule has 0 amide bonds. The molecule has 0 aliphatic heterocycles. The molecule has 0 heterocycles. The molecule has 17 heavy (non-hydrogen) atoms. The maximum Gasteiger partial charge on any atom is 0.126 e. The summed E-state index contributed by atoms with van der Waals surface area (Å²) in [6.07, 6.45) is 0.861. The van der Waals surface area contributed by atoms with Crippen LogP contribution in [0.15, 0.2) is 18.2 Å². The lowest BCUT2D eigenvalue weighted by atomic mass is 9.97. The first-order chi connectivity index (χ1) is 7.78. The van der Waals surface area contributed by atoms with Gasteiger partial charge in [-0.2, -0.15) is 0 Å². The Morgan fingerprint density at radius 3 is 2.12 bits per heavy atom. The maximum atomic E-state index is 13.0. The van der Waals surface area contributed by atoms with Crippen molar-refractivity contribution in [3.05, 3.63) is 35.4 Å². The van der Waals surface area contributed by atoms with E-state index in [0.29, 0.717) is 0 Å². The Kier molecular flexibility index (Phi) is 4.63. The Morgan fingerprint density at radius 2 is 1.65 bits per heavy atom. The molecule has 1 nitrogen and oxygen atoms in total. The zero-order valence-corrected chi connectivity index (χ0v) is 11.0. The number of hydrogen-bond donors (Lipinski definition) is 1. The van der Waals surface area contributed by atoms with Gasteiger partial charge in [-0.3, -0.25) is 0 Å². The van der Waals surface area contributed by atoms with E-state index in [4.69, 9.17) is 0 Å². The second-order valence-corrected chi connectivity index (χ2v) is 5.57. The number of halogens is 2. The van der Waals surface area contributed by atoms with E-state index in [1.54, 1.807) is 0 Å². The molecule has 0 aromatic heterocycles. The predicted octanol–water partition coefficient (Wildman–Crippen LogP) is 3.85. The van der Waals surface area contributed by atoms with E-state index in [2.05, 4.69) is 26.1 Å². The molecule has 1 aromatic rings. The van der Waals surface area contributed by atoms with Gasteiger partial charge in [-0.05, 0) is 57.4 Å². The van der Waals surface area contributed by atoms with Crippen LogP contribution in [-0.2, 0) is 0 Å². The first-order valence-corrected chi connectivity index (χ1v) is 5.99. The smallest absolute Gasteiger partial charge is 0.126 e. The van der Waals surface area contributed by atoms with E-state index in [1.165, 1.54) is 12.1 Å². The van der Waals surface area contributed by atoms with E-state index in [-0.39, 0.29) is 11.5 Å². The summed E-state index contributed by atoms with van der Waals surface area (Å²) in [6, 6.07) is 3.72. The molecule has 0 saturated heterocycles. The first kappa shape index (κ1) is 14.1. The molecule has 0 spiro atoms. The van der Waals surface area contributed by atoms with Gasteiger partial charge in [-0.25, -0.2) is 8.78 Å². The molecule has 0 fully saturated rings. The van der Waals surface area contributed by atoms with Gasteiger partial charge in [0.15, 0.2) is 0 Å². The number of nitrogens with one attached hydrogen (secondary N) is 1. The summed E-state index contributed by atoms with van der Waals surface area (Å²) >= 11 is 0. The highest BCUT2D eigenvalue weighted by Gasteiger charge is 2.12. The van der Waals surface area contributed by atoms with Crippen molar-refractivity contribution in [1.29, 1.82) is 0 Å². The predicted molar refractivity (Wildman–Crippen MR) is 67.1 cm³/mol. The monoisotopic (exact) mass is 241 g/mol. The zero-order chi connectivity index (χ0) is 13.1. The Labute approximate surface area is 102 Å². The van der Waals surface area contributed by atoms with E-state index >= 15 is 0 Å². The van der Waals surface area contributed by atoms with Gasteiger partial charge in [0, 0.05) is 11.6 Å². The van der Waals surface area contributed by atoms with Crippen LogP contribution in [0, 0.1) is 11.6 Å². The van der Waals surface area contributed by atoms with Crippen LogP contribution < -0.4 is 5.32 Å². The van der Waals surface area contributed by atoms with Crippen LogP contribution in [0.3, 0.4) is 0 Å². The molecule has 96 valence electrons. The Hall–Kier alpha value is -0.960. The topological polar surface area (TPSA) is 12.0 Å². The summed E-state index contributed by atoms with van der Waals surface area (Å²) in [5.74, 6) is -0.860. The molecule has 0 aliphatic carbocycles. The Bertz CT molecular complexity index is 349. The highest BCUT2D eigenvalue weighted by atomic mass is 19.1. The Balaban J connectivity index is 2.55. The third-order valence-electron chi connectivity index (χ3n) is 2.69. The van der Waals surface area contributed by atoms with Crippen molar-refractivity contribution in [2.24, 2.45) is 0 Å². The van der Waals surface area contributed by atoms with E-state index in [9.17, 15) is 8.78 Å². The van der Waals surface area contributed by atoms with Crippen LogP contribution in [0.2, 0.25) is 0 Å². The van der Waals surface area contributed by atoms with E-state index in [1.807, 2.05) is 6.92 Å². The number of benzene rings is 1. The van der Waals surface area contributed by atoms with E-state index in [0.717, 1.165) is 24.6 Å². The average Bonchev–Trinajstić information content (AvgIpc) is 2.13. The summed E-state index contributed by atoms with van der Waals surface area (Å²) < 4.78 is 26.1. The summed E-state index contributed by atoms with van der Waals surface area (Å²) in [6.45, 7) is 9.11. The second-order valence-electron chi connectivity index (χ2n) is 5.57. The van der Waals surface area contributed by atoms with E-state index < -0.39 is 11.6 Å². The molecule has 1 aromatic carbocycles. The van der Waals surface area contributed by atoms with Crippen molar-refractivity contribution in [3.63, 3.8) is 0 Å². The molecule has 1 atom stereocenters.